The fraction of sp³-hybridized carbons (Fsp3) is 0.290. The first-order valence-electron chi connectivity index (χ1n) is 13.3. The molecular formula is C31H30N2O6. The van der Waals surface area contributed by atoms with Gasteiger partial charge in [-0.25, -0.2) is 4.79 Å². The maximum Gasteiger partial charge on any atom is 0.340 e. The summed E-state index contributed by atoms with van der Waals surface area (Å²) in [4.78, 5) is 37.2. The van der Waals surface area contributed by atoms with Gasteiger partial charge in [-0.05, 0) is 57.0 Å². The van der Waals surface area contributed by atoms with Crippen LogP contribution in [-0.4, -0.2) is 27.8 Å². The molecule has 0 atom stereocenters. The number of hydrogen-bond acceptors (Lipinski definition) is 6. The normalized spacial score (nSPS) is 13.8. The van der Waals surface area contributed by atoms with Crippen LogP contribution in [0.25, 0.3) is 10.9 Å². The molecule has 3 aromatic carbocycles. The van der Waals surface area contributed by atoms with Gasteiger partial charge in [-0.1, -0.05) is 49.6 Å². The summed E-state index contributed by atoms with van der Waals surface area (Å²) in [6.45, 7) is 3.97. The van der Waals surface area contributed by atoms with Crippen molar-refractivity contribution >= 4 is 28.3 Å². The van der Waals surface area contributed by atoms with Crippen LogP contribution in [0.2, 0.25) is 0 Å². The van der Waals surface area contributed by atoms with Gasteiger partial charge >= 0.3 is 11.7 Å². The van der Waals surface area contributed by atoms with Crippen molar-refractivity contribution in [3.63, 3.8) is 0 Å². The molecule has 0 saturated heterocycles. The summed E-state index contributed by atoms with van der Waals surface area (Å²) in [5.74, 6) is -0.365. The minimum atomic E-state index is -0.566. The second-order valence-electron chi connectivity index (χ2n) is 9.76. The number of ketones is 1. The first-order valence-corrected chi connectivity index (χ1v) is 13.3. The largest absolute Gasteiger partial charge is 0.462 e. The van der Waals surface area contributed by atoms with Crippen LogP contribution < -0.4 is 4.74 Å². The molecule has 0 aliphatic heterocycles. The van der Waals surface area contributed by atoms with Crippen LogP contribution in [0.15, 0.2) is 66.7 Å². The molecule has 0 N–H and O–H groups in total. The Morgan fingerprint density at radius 2 is 1.72 bits per heavy atom. The van der Waals surface area contributed by atoms with E-state index in [-0.39, 0.29) is 29.4 Å². The Balaban J connectivity index is 1.54. The smallest absolute Gasteiger partial charge is 0.340 e. The second-order valence-corrected chi connectivity index (χ2v) is 9.76. The third-order valence-electron chi connectivity index (χ3n) is 7.32. The van der Waals surface area contributed by atoms with E-state index in [4.69, 9.17) is 9.47 Å². The van der Waals surface area contributed by atoms with Gasteiger partial charge in [0.05, 0.1) is 17.1 Å². The van der Waals surface area contributed by atoms with Gasteiger partial charge in [0.25, 0.3) is 0 Å². The Morgan fingerprint density at radius 3 is 2.41 bits per heavy atom. The monoisotopic (exact) mass is 526 g/mol. The van der Waals surface area contributed by atoms with E-state index >= 15 is 0 Å². The van der Waals surface area contributed by atoms with Crippen molar-refractivity contribution in [2.75, 3.05) is 6.61 Å². The van der Waals surface area contributed by atoms with Crippen LogP contribution in [0, 0.1) is 17.0 Å². The van der Waals surface area contributed by atoms with Crippen molar-refractivity contribution in [3.8, 4) is 11.5 Å². The molecule has 1 aliphatic carbocycles. The van der Waals surface area contributed by atoms with Crippen LogP contribution in [0.3, 0.4) is 0 Å². The summed E-state index contributed by atoms with van der Waals surface area (Å²) in [6.07, 6.45) is 5.60. The molecule has 5 rings (SSSR count). The van der Waals surface area contributed by atoms with Crippen LogP contribution in [-0.2, 0) is 4.74 Å². The number of nitrogens with zero attached hydrogens (tertiary/aromatic N) is 2. The lowest BCUT2D eigenvalue weighted by atomic mass is 9.95. The third-order valence-corrected chi connectivity index (χ3v) is 7.32. The average Bonchev–Trinajstić information content (AvgIpc) is 3.24. The number of rotatable bonds is 8. The van der Waals surface area contributed by atoms with Gasteiger partial charge in [-0.15, -0.1) is 0 Å². The number of ether oxygens (including phenoxy) is 2. The van der Waals surface area contributed by atoms with Crippen molar-refractivity contribution < 1.29 is 24.0 Å². The Labute approximate surface area is 226 Å². The van der Waals surface area contributed by atoms with Crippen LogP contribution in [0.1, 0.15) is 77.0 Å². The zero-order valence-electron chi connectivity index (χ0n) is 22.0. The molecule has 4 aromatic rings. The minimum absolute atomic E-state index is 0.00471. The van der Waals surface area contributed by atoms with Crippen LogP contribution in [0.4, 0.5) is 5.69 Å². The molecule has 1 aliphatic rings. The summed E-state index contributed by atoms with van der Waals surface area (Å²) >= 11 is 0. The molecule has 1 aromatic heterocycles. The lowest BCUT2D eigenvalue weighted by Gasteiger charge is -2.26. The molecule has 200 valence electrons. The number of carbonyl (C=O) groups excluding carboxylic acids is 2. The van der Waals surface area contributed by atoms with E-state index in [0.717, 1.165) is 36.9 Å². The highest BCUT2D eigenvalue weighted by atomic mass is 16.6. The van der Waals surface area contributed by atoms with E-state index in [1.54, 1.807) is 49.4 Å². The molecule has 0 unspecified atom stereocenters. The molecule has 8 heteroatoms. The Bertz CT molecular complexity index is 1550. The minimum Gasteiger partial charge on any atom is -0.462 e. The third kappa shape index (κ3) is 5.14. The molecule has 0 radical (unpaired) electrons. The molecule has 8 nitrogen and oxygen atoms in total. The first-order chi connectivity index (χ1) is 18.9. The second kappa shape index (κ2) is 11.1. The maximum atomic E-state index is 13.0. The molecule has 0 bridgehead atoms. The standard InChI is InChI=1S/C31H30N2O6/c1-3-38-31(35)29-20(2)32(23-12-8-5-9-13-23)26-16-15-24(19-25(26)29)39-28-17-14-22(18-27(28)33(36)37)30(34)21-10-6-4-7-11-21/h4,6-7,10-11,14-19,23H,3,5,8-9,12-13H2,1-2H3. The summed E-state index contributed by atoms with van der Waals surface area (Å²) in [6, 6.07) is 18.5. The Kier molecular flexibility index (Phi) is 7.45. The van der Waals surface area contributed by atoms with Gasteiger partial charge in [0.1, 0.15) is 5.75 Å². The summed E-state index contributed by atoms with van der Waals surface area (Å²) in [5.41, 5.74) is 2.56. The van der Waals surface area contributed by atoms with E-state index in [1.807, 2.05) is 13.0 Å². The van der Waals surface area contributed by atoms with Crippen molar-refractivity contribution in [1.82, 2.24) is 4.57 Å². The molecule has 0 amide bonds. The average molecular weight is 527 g/mol. The van der Waals surface area contributed by atoms with Gasteiger partial charge in [0.15, 0.2) is 5.78 Å². The van der Waals surface area contributed by atoms with E-state index in [1.165, 1.54) is 24.6 Å². The molecule has 1 saturated carbocycles. The Hall–Kier alpha value is -4.46. The van der Waals surface area contributed by atoms with Gasteiger partial charge < -0.3 is 14.0 Å². The van der Waals surface area contributed by atoms with Gasteiger partial charge in [-0.2, -0.15) is 0 Å². The highest BCUT2D eigenvalue weighted by Gasteiger charge is 2.27. The maximum absolute atomic E-state index is 13.0. The van der Waals surface area contributed by atoms with E-state index in [2.05, 4.69) is 4.57 Å². The number of hydrogen-bond donors (Lipinski definition) is 0. The number of nitro benzene ring substituents is 1. The van der Waals surface area contributed by atoms with Crippen LogP contribution >= 0.6 is 0 Å². The quantitative estimate of drug-likeness (QED) is 0.102. The van der Waals surface area contributed by atoms with Gasteiger partial charge in [0, 0.05) is 39.8 Å². The van der Waals surface area contributed by atoms with Crippen molar-refractivity contribution in [1.29, 1.82) is 0 Å². The summed E-state index contributed by atoms with van der Waals surface area (Å²) in [5, 5.41) is 12.6. The van der Waals surface area contributed by atoms with Gasteiger partial charge in [-0.3, -0.25) is 14.9 Å². The topological polar surface area (TPSA) is 101 Å². The number of fused-ring (bicyclic) bond motifs is 1. The van der Waals surface area contributed by atoms with Crippen molar-refractivity contribution in [3.05, 3.63) is 99.2 Å². The highest BCUT2D eigenvalue weighted by Crippen LogP contribution is 2.39. The van der Waals surface area contributed by atoms with Crippen molar-refractivity contribution in [2.24, 2.45) is 0 Å². The molecule has 0 spiro atoms. The molecule has 1 heterocycles. The SMILES string of the molecule is CCOC(=O)c1c(C)n(C2CCCCC2)c2ccc(Oc3ccc(C(=O)c4ccccc4)cc3[N+](=O)[O-])cc12. The van der Waals surface area contributed by atoms with Gasteiger partial charge in [0.2, 0.25) is 5.75 Å². The number of aromatic nitrogens is 1. The predicted molar refractivity (Wildman–Crippen MR) is 148 cm³/mol. The molecular weight excluding hydrogens is 496 g/mol. The number of carbonyl (C=O) groups is 2. The molecule has 1 fully saturated rings. The number of nitro groups is 1. The summed E-state index contributed by atoms with van der Waals surface area (Å²) in [7, 11) is 0. The number of esters is 1. The van der Waals surface area contributed by atoms with Crippen molar-refractivity contribution in [2.45, 2.75) is 52.0 Å². The fourth-order valence-corrected chi connectivity index (χ4v) is 5.53. The fourth-order valence-electron chi connectivity index (χ4n) is 5.53. The zero-order chi connectivity index (χ0) is 27.5. The predicted octanol–water partition coefficient (Wildman–Crippen LogP) is 7.56. The van der Waals surface area contributed by atoms with E-state index in [9.17, 15) is 19.7 Å². The van der Waals surface area contributed by atoms with Crippen LogP contribution in [0.5, 0.6) is 11.5 Å². The van der Waals surface area contributed by atoms with E-state index < -0.39 is 10.9 Å². The lowest BCUT2D eigenvalue weighted by molar-refractivity contribution is -0.385. The highest BCUT2D eigenvalue weighted by molar-refractivity contribution is 6.09. The first kappa shape index (κ1) is 26.2. The summed E-state index contributed by atoms with van der Waals surface area (Å²) < 4.78 is 13.6. The van der Waals surface area contributed by atoms with E-state index in [0.29, 0.717) is 28.3 Å². The molecule has 39 heavy (non-hydrogen) atoms. The zero-order valence-corrected chi connectivity index (χ0v) is 22.0. The Morgan fingerprint density at radius 1 is 0.974 bits per heavy atom. The number of benzene rings is 3. The lowest BCUT2D eigenvalue weighted by Crippen LogP contribution is -2.15.